The SMILES string of the molecule is C1CCC(C2CCCC[N-]2)[N-]C1.C1CCC(C2CCCC[N-]2)[N-]C1.CC1CC[N-]C(c2nc3ccccc3n2CCCCCC(=O)O)C1.[Ru+5]. The molecule has 0 amide bonds. The number of rotatable bonds is 9. The van der Waals surface area contributed by atoms with Gasteiger partial charge in [0.15, 0.2) is 0 Å². The van der Waals surface area contributed by atoms with E-state index in [-0.39, 0.29) is 31.9 Å². The Kier molecular flexibility index (Phi) is 18.5. The fourth-order valence-electron chi connectivity index (χ4n) is 8.03. The quantitative estimate of drug-likeness (QED) is 0.202. The van der Waals surface area contributed by atoms with Gasteiger partial charge in [0.2, 0.25) is 0 Å². The summed E-state index contributed by atoms with van der Waals surface area (Å²) in [5, 5.41) is 32.2. The number of fused-ring (bicyclic) bond motifs is 1. The number of carboxylic acids is 1. The van der Waals surface area contributed by atoms with Gasteiger partial charge in [-0.25, -0.2) is 4.98 Å². The van der Waals surface area contributed by atoms with Crippen LogP contribution in [0.5, 0.6) is 0 Å². The summed E-state index contributed by atoms with van der Waals surface area (Å²) in [5.74, 6) is 1.07. The van der Waals surface area contributed by atoms with Crippen LogP contribution in [0.2, 0.25) is 0 Å². The Morgan fingerprint density at radius 3 is 1.71 bits per heavy atom. The molecule has 7 rings (SSSR count). The van der Waals surface area contributed by atoms with Gasteiger partial charge in [0.1, 0.15) is 0 Å². The first-order valence-corrected chi connectivity index (χ1v) is 19.6. The van der Waals surface area contributed by atoms with E-state index in [1.807, 2.05) is 6.07 Å². The van der Waals surface area contributed by atoms with Gasteiger partial charge in [-0.05, 0) is 30.9 Å². The van der Waals surface area contributed by atoms with Crippen molar-refractivity contribution in [1.82, 2.24) is 9.55 Å². The third kappa shape index (κ3) is 13.3. The van der Waals surface area contributed by atoms with Gasteiger partial charge in [0.05, 0.1) is 16.9 Å². The molecule has 10 heteroatoms. The molecular weight excluding hydrogens is 700 g/mol. The predicted octanol–water partition coefficient (Wildman–Crippen LogP) is 10.2. The summed E-state index contributed by atoms with van der Waals surface area (Å²) < 4.78 is 2.31. The molecular formula is C39H62N7O2Ru. The van der Waals surface area contributed by atoms with Crippen LogP contribution in [0.25, 0.3) is 37.6 Å². The van der Waals surface area contributed by atoms with E-state index in [2.05, 4.69) is 51.0 Å². The van der Waals surface area contributed by atoms with E-state index < -0.39 is 5.97 Å². The maximum atomic E-state index is 10.6. The van der Waals surface area contributed by atoms with Crippen LogP contribution in [0.1, 0.15) is 134 Å². The number of hydrogen-bond acceptors (Lipinski definition) is 2. The van der Waals surface area contributed by atoms with E-state index in [1.165, 1.54) is 89.0 Å². The van der Waals surface area contributed by atoms with Crippen molar-refractivity contribution in [3.8, 4) is 0 Å². The molecule has 0 bridgehead atoms. The fraction of sp³-hybridized carbons (Fsp3) is 0.795. The average molecular weight is 762 g/mol. The number of aryl methyl sites for hydroxylation is 1. The molecule has 6 heterocycles. The molecule has 0 spiro atoms. The van der Waals surface area contributed by atoms with E-state index in [0.717, 1.165) is 76.3 Å². The molecule has 49 heavy (non-hydrogen) atoms. The van der Waals surface area contributed by atoms with Crippen molar-refractivity contribution in [2.75, 3.05) is 32.7 Å². The monoisotopic (exact) mass is 762 g/mol. The fourth-order valence-corrected chi connectivity index (χ4v) is 8.03. The number of carbonyl (C=O) groups is 1. The number of imidazole rings is 1. The molecule has 2 aromatic rings. The standard InChI is InChI=1S/C19H26N3O2.2C10H18N2.Ru/c1-14-10-11-20-16(13-14)19-21-15-7-4-5-8-17(15)22(19)12-6-2-3-9-18(23)24;2*1-3-7-11-9(5-1)10-6-2-4-8-12-10;/h4-5,7-8,14,16H,2-3,6,9-13H2,1H3,(H,23,24);2*9-10H,1-8H2;/q-1;2*-2;+5. The third-order valence-corrected chi connectivity index (χ3v) is 10.8. The van der Waals surface area contributed by atoms with Crippen LogP contribution in [-0.4, -0.2) is 77.5 Å². The van der Waals surface area contributed by atoms with Gasteiger partial charge in [-0.3, -0.25) is 4.79 Å². The molecule has 273 valence electrons. The van der Waals surface area contributed by atoms with Gasteiger partial charge in [-0.2, -0.15) is 24.2 Å². The molecule has 6 unspecified atom stereocenters. The van der Waals surface area contributed by atoms with Crippen LogP contribution < -0.4 is 0 Å². The maximum Gasteiger partial charge on any atom is 5.00 e. The van der Waals surface area contributed by atoms with E-state index >= 15 is 0 Å². The molecule has 9 nitrogen and oxygen atoms in total. The summed E-state index contributed by atoms with van der Waals surface area (Å²) >= 11 is 0. The Morgan fingerprint density at radius 1 is 0.714 bits per heavy atom. The van der Waals surface area contributed by atoms with Crippen molar-refractivity contribution in [2.24, 2.45) is 5.92 Å². The molecule has 1 aromatic carbocycles. The van der Waals surface area contributed by atoms with E-state index in [4.69, 9.17) is 15.4 Å². The summed E-state index contributed by atoms with van der Waals surface area (Å²) in [6.45, 7) is 8.48. The normalized spacial score (nSPS) is 29.0. The third-order valence-electron chi connectivity index (χ3n) is 10.8. The van der Waals surface area contributed by atoms with E-state index in [1.54, 1.807) is 0 Å². The number of unbranched alkanes of at least 4 members (excludes halogenated alkanes) is 2. The second-order valence-electron chi connectivity index (χ2n) is 14.7. The zero-order valence-electron chi connectivity index (χ0n) is 30.1. The van der Waals surface area contributed by atoms with E-state index in [9.17, 15) is 4.79 Å². The Morgan fingerprint density at radius 2 is 1.24 bits per heavy atom. The predicted molar refractivity (Wildman–Crippen MR) is 199 cm³/mol. The average Bonchev–Trinajstić information content (AvgIpc) is 3.52. The molecule has 5 fully saturated rings. The second kappa shape index (κ2) is 22.5. The van der Waals surface area contributed by atoms with Crippen molar-refractivity contribution in [1.29, 1.82) is 0 Å². The van der Waals surface area contributed by atoms with Gasteiger partial charge in [0, 0.05) is 13.0 Å². The van der Waals surface area contributed by atoms with Crippen LogP contribution >= 0.6 is 0 Å². The Bertz CT molecular complexity index is 1120. The minimum atomic E-state index is -0.709. The number of carboxylic acid groups (broad SMARTS) is 1. The van der Waals surface area contributed by atoms with Crippen LogP contribution in [-0.2, 0) is 30.8 Å². The van der Waals surface area contributed by atoms with Crippen molar-refractivity contribution in [3.63, 3.8) is 0 Å². The van der Waals surface area contributed by atoms with Gasteiger partial charge < -0.3 is 36.3 Å². The first-order chi connectivity index (χ1) is 23.6. The molecule has 1 N–H and O–H groups in total. The van der Waals surface area contributed by atoms with Crippen molar-refractivity contribution in [3.05, 3.63) is 56.7 Å². The molecule has 1 radical (unpaired) electrons. The Balaban J connectivity index is 0.000000181. The first-order valence-electron chi connectivity index (χ1n) is 19.6. The Hall–Kier alpha value is -1.42. The molecule has 5 aliphatic heterocycles. The van der Waals surface area contributed by atoms with Crippen LogP contribution in [0.3, 0.4) is 0 Å². The van der Waals surface area contributed by atoms with Crippen LogP contribution in [0.4, 0.5) is 0 Å². The smallest absolute Gasteiger partial charge is 0.661 e. The second-order valence-corrected chi connectivity index (χ2v) is 14.7. The van der Waals surface area contributed by atoms with Gasteiger partial charge in [0.25, 0.3) is 0 Å². The topological polar surface area (TPSA) is 126 Å². The number of aromatic nitrogens is 2. The number of benzene rings is 1. The Labute approximate surface area is 309 Å². The van der Waals surface area contributed by atoms with Crippen molar-refractivity contribution in [2.45, 2.75) is 159 Å². The number of aliphatic carboxylic acids is 1. The molecule has 0 aliphatic carbocycles. The van der Waals surface area contributed by atoms with Gasteiger partial charge >= 0.3 is 25.4 Å². The molecule has 6 atom stereocenters. The molecule has 5 aliphatic rings. The number of hydrogen-bond donors (Lipinski definition) is 1. The van der Waals surface area contributed by atoms with E-state index in [0.29, 0.717) is 30.1 Å². The summed E-state index contributed by atoms with van der Waals surface area (Å²) in [6.07, 6.45) is 21.1. The minimum absolute atomic E-state index is 0. The zero-order valence-corrected chi connectivity index (χ0v) is 31.8. The number of piperidine rings is 5. The maximum absolute atomic E-state index is 10.6. The minimum Gasteiger partial charge on any atom is -0.661 e. The summed E-state index contributed by atoms with van der Waals surface area (Å²) in [6, 6.07) is 10.8. The van der Waals surface area contributed by atoms with Crippen molar-refractivity contribution >= 4 is 17.0 Å². The summed E-state index contributed by atoms with van der Waals surface area (Å²) in [5.41, 5.74) is 2.20. The van der Waals surface area contributed by atoms with Gasteiger partial charge in [-0.1, -0.05) is 121 Å². The largest absolute Gasteiger partial charge is 5.00 e. The summed E-state index contributed by atoms with van der Waals surface area (Å²) in [7, 11) is 0. The summed E-state index contributed by atoms with van der Waals surface area (Å²) in [4.78, 5) is 15.5. The molecule has 1 aromatic heterocycles. The zero-order chi connectivity index (χ0) is 33.4. The van der Waals surface area contributed by atoms with Gasteiger partial charge in [-0.15, -0.1) is 32.7 Å². The molecule has 0 saturated carbocycles. The van der Waals surface area contributed by atoms with Crippen LogP contribution in [0, 0.1) is 5.92 Å². The number of nitrogens with zero attached hydrogens (tertiary/aromatic N) is 7. The number of para-hydroxylation sites is 2. The van der Waals surface area contributed by atoms with Crippen LogP contribution in [0.15, 0.2) is 24.3 Å². The first kappa shape index (κ1) is 40.4. The van der Waals surface area contributed by atoms with Crippen molar-refractivity contribution < 1.29 is 29.4 Å². The molecule has 5 saturated heterocycles.